The minimum atomic E-state index is -0.843. The van der Waals surface area contributed by atoms with Gasteiger partial charge in [-0.2, -0.15) is 0 Å². The van der Waals surface area contributed by atoms with Crippen molar-refractivity contribution in [1.29, 1.82) is 0 Å². The lowest BCUT2D eigenvalue weighted by atomic mass is 9.87. The lowest BCUT2D eigenvalue weighted by Crippen LogP contribution is -2.55. The Hall–Kier alpha value is -2.83. The molecule has 0 saturated carbocycles. The number of imide groups is 1. The van der Waals surface area contributed by atoms with Gasteiger partial charge in [-0.1, -0.05) is 18.2 Å². The quantitative estimate of drug-likeness (QED) is 0.718. The summed E-state index contributed by atoms with van der Waals surface area (Å²) in [6.45, 7) is 2.91. The SMILES string of the molecule is Cc1[nH]c2ccccc2c1CC(=O)N1CCC2(CC1)NC(=O)NC2=O. The van der Waals surface area contributed by atoms with Crippen molar-refractivity contribution in [2.45, 2.75) is 31.7 Å². The highest BCUT2D eigenvalue weighted by Crippen LogP contribution is 2.27. The van der Waals surface area contributed by atoms with Crippen LogP contribution in [0.5, 0.6) is 0 Å². The Labute approximate surface area is 144 Å². The molecule has 0 unspecified atom stereocenters. The topological polar surface area (TPSA) is 94.3 Å². The number of amides is 4. The van der Waals surface area contributed by atoms with Crippen molar-refractivity contribution in [3.63, 3.8) is 0 Å². The number of fused-ring (bicyclic) bond motifs is 1. The number of rotatable bonds is 2. The first-order valence-corrected chi connectivity index (χ1v) is 8.46. The fourth-order valence-electron chi connectivity index (χ4n) is 3.84. The fraction of sp³-hybridized carbons (Fsp3) is 0.389. The molecule has 4 amide bonds. The lowest BCUT2D eigenvalue weighted by Gasteiger charge is -2.37. The highest BCUT2D eigenvalue weighted by atomic mass is 16.2. The van der Waals surface area contributed by atoms with E-state index in [-0.39, 0.29) is 11.8 Å². The minimum absolute atomic E-state index is 0.0486. The summed E-state index contributed by atoms with van der Waals surface area (Å²) in [5.41, 5.74) is 2.22. The first-order chi connectivity index (χ1) is 12.0. The van der Waals surface area contributed by atoms with Crippen LogP contribution in [0.1, 0.15) is 24.1 Å². The van der Waals surface area contributed by atoms with Gasteiger partial charge < -0.3 is 15.2 Å². The van der Waals surface area contributed by atoms with Crippen molar-refractivity contribution in [2.75, 3.05) is 13.1 Å². The van der Waals surface area contributed by atoms with Crippen molar-refractivity contribution in [3.8, 4) is 0 Å². The summed E-state index contributed by atoms with van der Waals surface area (Å²) in [6.07, 6.45) is 1.23. The molecule has 1 aromatic heterocycles. The highest BCUT2D eigenvalue weighted by Gasteiger charge is 2.48. The number of aryl methyl sites for hydroxylation is 1. The third-order valence-electron chi connectivity index (χ3n) is 5.34. The largest absolute Gasteiger partial charge is 0.358 e. The molecule has 3 heterocycles. The maximum Gasteiger partial charge on any atom is 0.322 e. The summed E-state index contributed by atoms with van der Waals surface area (Å²) in [7, 11) is 0. The van der Waals surface area contributed by atoms with E-state index in [4.69, 9.17) is 0 Å². The van der Waals surface area contributed by atoms with E-state index in [1.165, 1.54) is 0 Å². The van der Waals surface area contributed by atoms with Crippen molar-refractivity contribution < 1.29 is 14.4 Å². The standard InChI is InChI=1S/C18H20N4O3/c1-11-13(12-4-2-3-5-14(12)19-11)10-15(23)22-8-6-18(7-9-22)16(24)20-17(25)21-18/h2-5,19H,6-10H2,1H3,(H2,20,21,24,25). The van der Waals surface area contributed by atoms with Crippen molar-refractivity contribution >= 4 is 28.7 Å². The van der Waals surface area contributed by atoms with Crippen LogP contribution in [0.15, 0.2) is 24.3 Å². The summed E-state index contributed by atoms with van der Waals surface area (Å²) in [5.74, 6) is -0.232. The Balaban J connectivity index is 1.47. The molecule has 3 N–H and O–H groups in total. The van der Waals surface area contributed by atoms with E-state index >= 15 is 0 Å². The second-order valence-corrected chi connectivity index (χ2v) is 6.82. The van der Waals surface area contributed by atoms with Crippen LogP contribution in [-0.2, 0) is 16.0 Å². The number of hydrogen-bond acceptors (Lipinski definition) is 3. The second-order valence-electron chi connectivity index (χ2n) is 6.82. The van der Waals surface area contributed by atoms with Crippen LogP contribution >= 0.6 is 0 Å². The van der Waals surface area contributed by atoms with Gasteiger partial charge in [-0.3, -0.25) is 14.9 Å². The van der Waals surface area contributed by atoms with Crippen LogP contribution in [-0.4, -0.2) is 46.4 Å². The van der Waals surface area contributed by atoms with E-state index in [1.54, 1.807) is 4.90 Å². The molecule has 1 spiro atoms. The molecule has 7 nitrogen and oxygen atoms in total. The molecule has 7 heteroatoms. The average Bonchev–Trinajstić information content (AvgIpc) is 3.05. The van der Waals surface area contributed by atoms with E-state index in [2.05, 4.69) is 15.6 Å². The second kappa shape index (κ2) is 5.61. The molecule has 0 radical (unpaired) electrons. The van der Waals surface area contributed by atoms with Crippen LogP contribution in [0.25, 0.3) is 10.9 Å². The van der Waals surface area contributed by atoms with Gasteiger partial charge in [0.05, 0.1) is 6.42 Å². The Morgan fingerprint density at radius 1 is 1.20 bits per heavy atom. The predicted octanol–water partition coefficient (Wildman–Crippen LogP) is 1.22. The molecular weight excluding hydrogens is 320 g/mol. The molecule has 2 saturated heterocycles. The van der Waals surface area contributed by atoms with Gasteiger partial charge in [0.2, 0.25) is 5.91 Å². The fourth-order valence-corrected chi connectivity index (χ4v) is 3.84. The number of H-pyrrole nitrogens is 1. The molecule has 2 aliphatic heterocycles. The number of carbonyl (C=O) groups excluding carboxylic acids is 3. The molecule has 25 heavy (non-hydrogen) atoms. The number of urea groups is 1. The molecule has 2 aromatic rings. The summed E-state index contributed by atoms with van der Waals surface area (Å²) in [4.78, 5) is 41.2. The zero-order valence-corrected chi connectivity index (χ0v) is 14.0. The molecule has 1 aromatic carbocycles. The number of likely N-dealkylation sites (tertiary alicyclic amines) is 1. The lowest BCUT2D eigenvalue weighted by molar-refractivity contribution is -0.135. The number of nitrogens with zero attached hydrogens (tertiary/aromatic N) is 1. The number of hydrogen-bond donors (Lipinski definition) is 3. The number of piperidine rings is 1. The zero-order chi connectivity index (χ0) is 17.6. The van der Waals surface area contributed by atoms with Gasteiger partial charge in [0.25, 0.3) is 5.91 Å². The number of para-hydroxylation sites is 1. The molecule has 0 bridgehead atoms. The van der Waals surface area contributed by atoms with Gasteiger partial charge in [-0.05, 0) is 31.4 Å². The molecule has 2 fully saturated rings. The van der Waals surface area contributed by atoms with Gasteiger partial charge in [-0.25, -0.2) is 4.79 Å². The van der Waals surface area contributed by atoms with E-state index in [0.717, 1.165) is 22.2 Å². The Kier molecular flexibility index (Phi) is 3.52. The van der Waals surface area contributed by atoms with Gasteiger partial charge in [0.1, 0.15) is 5.54 Å². The van der Waals surface area contributed by atoms with Crippen LogP contribution in [0.4, 0.5) is 4.79 Å². The minimum Gasteiger partial charge on any atom is -0.358 e. The summed E-state index contributed by atoms with van der Waals surface area (Å²) in [6, 6.07) is 7.51. The van der Waals surface area contributed by atoms with Crippen LogP contribution < -0.4 is 10.6 Å². The molecule has 0 atom stereocenters. The van der Waals surface area contributed by atoms with Crippen LogP contribution in [0.3, 0.4) is 0 Å². The first kappa shape index (κ1) is 15.7. The third kappa shape index (κ3) is 2.56. The molecule has 4 rings (SSSR count). The summed E-state index contributed by atoms with van der Waals surface area (Å²) >= 11 is 0. The first-order valence-electron chi connectivity index (χ1n) is 8.46. The smallest absolute Gasteiger partial charge is 0.322 e. The van der Waals surface area contributed by atoms with Crippen molar-refractivity contribution in [3.05, 3.63) is 35.5 Å². The summed E-state index contributed by atoms with van der Waals surface area (Å²) in [5, 5.41) is 6.08. The number of nitrogens with one attached hydrogen (secondary N) is 3. The molecule has 0 aliphatic carbocycles. The van der Waals surface area contributed by atoms with Gasteiger partial charge in [-0.15, -0.1) is 0 Å². The Morgan fingerprint density at radius 3 is 2.60 bits per heavy atom. The number of benzene rings is 1. The normalized spacial score (nSPS) is 19.3. The Bertz CT molecular complexity index is 878. The van der Waals surface area contributed by atoms with Crippen molar-refractivity contribution in [2.24, 2.45) is 0 Å². The van der Waals surface area contributed by atoms with E-state index < -0.39 is 11.6 Å². The number of aromatic amines is 1. The van der Waals surface area contributed by atoms with Crippen LogP contribution in [0.2, 0.25) is 0 Å². The number of aromatic nitrogens is 1. The number of carbonyl (C=O) groups is 3. The Morgan fingerprint density at radius 2 is 1.92 bits per heavy atom. The average molecular weight is 340 g/mol. The molecular formula is C18H20N4O3. The van der Waals surface area contributed by atoms with Crippen LogP contribution in [0, 0.1) is 6.92 Å². The van der Waals surface area contributed by atoms with Gasteiger partial charge >= 0.3 is 6.03 Å². The summed E-state index contributed by atoms with van der Waals surface area (Å²) < 4.78 is 0. The maximum absolute atomic E-state index is 12.7. The highest BCUT2D eigenvalue weighted by molar-refractivity contribution is 6.07. The van der Waals surface area contributed by atoms with Gasteiger partial charge in [0.15, 0.2) is 0 Å². The predicted molar refractivity (Wildman–Crippen MR) is 92.0 cm³/mol. The third-order valence-corrected chi connectivity index (χ3v) is 5.34. The zero-order valence-electron chi connectivity index (χ0n) is 14.0. The monoisotopic (exact) mass is 340 g/mol. The van der Waals surface area contributed by atoms with Gasteiger partial charge in [0, 0.05) is 29.7 Å². The van der Waals surface area contributed by atoms with E-state index in [1.807, 2.05) is 31.2 Å². The van der Waals surface area contributed by atoms with E-state index in [9.17, 15) is 14.4 Å². The van der Waals surface area contributed by atoms with E-state index in [0.29, 0.717) is 32.4 Å². The molecule has 130 valence electrons. The van der Waals surface area contributed by atoms with Crippen molar-refractivity contribution in [1.82, 2.24) is 20.5 Å². The molecule has 2 aliphatic rings. The maximum atomic E-state index is 12.7.